The molecule has 0 aliphatic carbocycles. The van der Waals surface area contributed by atoms with Crippen LogP contribution in [-0.2, 0) is 11.3 Å². The fraction of sp³-hybridized carbons (Fsp3) is 0.600. The molecule has 1 aliphatic heterocycles. The molecule has 124 valence electrons. The van der Waals surface area contributed by atoms with Crippen LogP contribution in [0, 0.1) is 0 Å². The number of hydrogen-bond donors (Lipinski definition) is 0. The minimum Gasteiger partial charge on any atom is -0.337 e. The van der Waals surface area contributed by atoms with E-state index in [1.807, 2.05) is 16.3 Å². The summed E-state index contributed by atoms with van der Waals surface area (Å²) in [5.41, 5.74) is 0. The zero-order valence-corrected chi connectivity index (χ0v) is 15.0. The average Bonchev–Trinajstić information content (AvgIpc) is 3.17. The van der Waals surface area contributed by atoms with Crippen LogP contribution in [0.1, 0.15) is 38.0 Å². The number of tetrazole rings is 1. The molecule has 0 radical (unpaired) electrons. The Morgan fingerprint density at radius 1 is 1.39 bits per heavy atom. The van der Waals surface area contributed by atoms with Gasteiger partial charge in [-0.25, -0.2) is 4.68 Å². The van der Waals surface area contributed by atoms with E-state index in [-0.39, 0.29) is 5.91 Å². The van der Waals surface area contributed by atoms with Crippen LogP contribution >= 0.6 is 23.1 Å². The van der Waals surface area contributed by atoms with Crippen LogP contribution in [0.3, 0.4) is 0 Å². The highest BCUT2D eigenvalue weighted by Gasteiger charge is 2.29. The van der Waals surface area contributed by atoms with Crippen molar-refractivity contribution in [2.75, 3.05) is 5.75 Å². The van der Waals surface area contributed by atoms with E-state index in [0.29, 0.717) is 29.5 Å². The van der Waals surface area contributed by atoms with Gasteiger partial charge in [0.1, 0.15) is 0 Å². The van der Waals surface area contributed by atoms with Crippen LogP contribution in [0.25, 0.3) is 0 Å². The Kier molecular flexibility index (Phi) is 5.32. The van der Waals surface area contributed by atoms with Gasteiger partial charge >= 0.3 is 0 Å². The van der Waals surface area contributed by atoms with Crippen LogP contribution in [0.15, 0.2) is 22.7 Å². The molecular formula is C15H21N5OS2. The van der Waals surface area contributed by atoms with Gasteiger partial charge in [0.05, 0.1) is 12.3 Å². The van der Waals surface area contributed by atoms with E-state index in [1.54, 1.807) is 16.0 Å². The van der Waals surface area contributed by atoms with Crippen LogP contribution in [0.4, 0.5) is 0 Å². The quantitative estimate of drug-likeness (QED) is 0.775. The van der Waals surface area contributed by atoms with Crippen molar-refractivity contribution in [3.63, 3.8) is 0 Å². The lowest BCUT2D eigenvalue weighted by atomic mass is 9.98. The van der Waals surface area contributed by atoms with Gasteiger partial charge in [-0.15, -0.1) is 16.4 Å². The van der Waals surface area contributed by atoms with E-state index in [2.05, 4.69) is 35.4 Å². The Balaban J connectivity index is 1.60. The molecule has 3 rings (SSSR count). The summed E-state index contributed by atoms with van der Waals surface area (Å²) in [6.45, 7) is 4.93. The van der Waals surface area contributed by atoms with Gasteiger partial charge in [0.25, 0.3) is 0 Å². The summed E-state index contributed by atoms with van der Waals surface area (Å²) in [6.07, 6.45) is 3.39. The van der Waals surface area contributed by atoms with Gasteiger partial charge in [-0.3, -0.25) is 4.79 Å². The third-order valence-electron chi connectivity index (χ3n) is 4.19. The maximum Gasteiger partial charge on any atom is 0.233 e. The maximum atomic E-state index is 12.6. The fourth-order valence-electron chi connectivity index (χ4n) is 3.06. The average molecular weight is 352 g/mol. The lowest BCUT2D eigenvalue weighted by molar-refractivity contribution is -0.134. The first-order valence-electron chi connectivity index (χ1n) is 7.87. The zero-order valence-electron chi connectivity index (χ0n) is 13.4. The summed E-state index contributed by atoms with van der Waals surface area (Å²) in [4.78, 5) is 15.8. The molecule has 0 unspecified atom stereocenters. The first-order valence-corrected chi connectivity index (χ1v) is 9.74. The minimum atomic E-state index is 0.181. The van der Waals surface area contributed by atoms with E-state index in [4.69, 9.17) is 0 Å². The third-order valence-corrected chi connectivity index (χ3v) is 5.99. The highest BCUT2D eigenvalue weighted by atomic mass is 32.2. The number of hydrogen-bond acceptors (Lipinski definition) is 6. The smallest absolute Gasteiger partial charge is 0.233 e. The molecule has 2 atom stereocenters. The fourth-order valence-corrected chi connectivity index (χ4v) is 4.49. The molecule has 3 heterocycles. The van der Waals surface area contributed by atoms with Crippen LogP contribution in [-0.4, -0.2) is 48.9 Å². The first kappa shape index (κ1) is 16.4. The van der Waals surface area contributed by atoms with E-state index < -0.39 is 0 Å². The van der Waals surface area contributed by atoms with Crippen molar-refractivity contribution in [1.82, 2.24) is 25.1 Å². The highest BCUT2D eigenvalue weighted by molar-refractivity contribution is 7.99. The van der Waals surface area contributed by atoms with Crippen LogP contribution in [0.5, 0.6) is 0 Å². The molecule has 8 heteroatoms. The normalized spacial score (nSPS) is 21.6. The minimum absolute atomic E-state index is 0.181. The highest BCUT2D eigenvalue weighted by Crippen LogP contribution is 2.25. The van der Waals surface area contributed by atoms with Crippen molar-refractivity contribution in [2.24, 2.45) is 0 Å². The molecule has 1 amide bonds. The molecule has 0 bridgehead atoms. The van der Waals surface area contributed by atoms with Gasteiger partial charge in [0, 0.05) is 17.0 Å². The Morgan fingerprint density at radius 3 is 2.87 bits per heavy atom. The number of piperidine rings is 1. The number of aromatic nitrogens is 4. The van der Waals surface area contributed by atoms with Gasteiger partial charge in [-0.2, -0.15) is 0 Å². The van der Waals surface area contributed by atoms with Crippen molar-refractivity contribution >= 4 is 29.0 Å². The van der Waals surface area contributed by atoms with Crippen molar-refractivity contribution in [3.05, 3.63) is 22.4 Å². The predicted molar refractivity (Wildman–Crippen MR) is 91.6 cm³/mol. The van der Waals surface area contributed by atoms with E-state index in [1.165, 1.54) is 23.1 Å². The number of nitrogens with zero attached hydrogens (tertiary/aromatic N) is 5. The Hall–Kier alpha value is -1.41. The van der Waals surface area contributed by atoms with Gasteiger partial charge in [-0.05, 0) is 55.0 Å². The molecule has 0 saturated carbocycles. The largest absolute Gasteiger partial charge is 0.337 e. The summed E-state index contributed by atoms with van der Waals surface area (Å²) in [5.74, 6) is 0.569. The topological polar surface area (TPSA) is 63.9 Å². The summed E-state index contributed by atoms with van der Waals surface area (Å²) in [6, 6.07) is 4.73. The molecule has 6 nitrogen and oxygen atoms in total. The number of carbonyl (C=O) groups is 1. The summed E-state index contributed by atoms with van der Waals surface area (Å²) >= 11 is 3.10. The van der Waals surface area contributed by atoms with Gasteiger partial charge in [0.15, 0.2) is 0 Å². The summed E-state index contributed by atoms with van der Waals surface area (Å²) in [7, 11) is 0. The van der Waals surface area contributed by atoms with E-state index in [0.717, 1.165) is 12.8 Å². The van der Waals surface area contributed by atoms with E-state index in [9.17, 15) is 4.79 Å². The molecule has 23 heavy (non-hydrogen) atoms. The molecule has 1 aliphatic rings. The number of thiophene rings is 1. The lowest BCUT2D eigenvalue weighted by Crippen LogP contribution is -2.48. The monoisotopic (exact) mass is 351 g/mol. The van der Waals surface area contributed by atoms with Gasteiger partial charge in [0.2, 0.25) is 11.1 Å². The molecule has 0 spiro atoms. The number of carbonyl (C=O) groups excluding carboxylic acids is 1. The summed E-state index contributed by atoms with van der Waals surface area (Å²) < 4.78 is 1.76. The molecule has 2 aromatic heterocycles. The Labute approximate surface area is 144 Å². The Morgan fingerprint density at radius 2 is 2.17 bits per heavy atom. The maximum absolute atomic E-state index is 12.6. The third kappa shape index (κ3) is 3.92. The molecular weight excluding hydrogens is 330 g/mol. The van der Waals surface area contributed by atoms with Crippen molar-refractivity contribution in [2.45, 2.75) is 56.9 Å². The van der Waals surface area contributed by atoms with Crippen molar-refractivity contribution in [3.8, 4) is 0 Å². The number of amides is 1. The zero-order chi connectivity index (χ0) is 16.2. The Bertz CT molecular complexity index is 632. The van der Waals surface area contributed by atoms with Crippen molar-refractivity contribution in [1.29, 1.82) is 0 Å². The molecule has 1 fully saturated rings. The van der Waals surface area contributed by atoms with Gasteiger partial charge in [-0.1, -0.05) is 17.8 Å². The second-order valence-electron chi connectivity index (χ2n) is 5.92. The molecule has 1 saturated heterocycles. The lowest BCUT2D eigenvalue weighted by Gasteiger charge is -2.39. The van der Waals surface area contributed by atoms with Crippen LogP contribution in [0.2, 0.25) is 0 Å². The first-order chi connectivity index (χ1) is 11.1. The molecule has 2 aromatic rings. The molecule has 0 N–H and O–H groups in total. The second kappa shape index (κ2) is 7.44. The second-order valence-corrected chi connectivity index (χ2v) is 7.89. The number of likely N-dealkylation sites (tertiary alicyclic amines) is 1. The SMILES string of the molecule is C[C@H]1CCC[C@H](C)N1C(=O)CSc1nnnn1Cc1cccs1. The van der Waals surface area contributed by atoms with E-state index >= 15 is 0 Å². The number of rotatable bonds is 5. The van der Waals surface area contributed by atoms with Gasteiger partial charge < -0.3 is 4.90 Å². The standard InChI is InChI=1S/C15H21N5OS2/c1-11-5-3-6-12(2)20(11)14(21)10-23-15-16-17-18-19(15)9-13-7-4-8-22-13/h4,7-8,11-12H,3,5-6,9-10H2,1-2H3/t11-,12-/m0/s1. The molecule has 0 aromatic carbocycles. The predicted octanol–water partition coefficient (Wildman–Crippen LogP) is 2.66. The summed E-state index contributed by atoms with van der Waals surface area (Å²) in [5, 5.41) is 14.6. The number of thioether (sulfide) groups is 1. The van der Waals surface area contributed by atoms with Crippen LogP contribution < -0.4 is 0 Å². The van der Waals surface area contributed by atoms with Crippen molar-refractivity contribution < 1.29 is 4.79 Å².